The highest BCUT2D eigenvalue weighted by atomic mass is 35.5. The van der Waals surface area contributed by atoms with E-state index < -0.39 is 0 Å². The maximum atomic E-state index is 13.1. The zero-order valence-corrected chi connectivity index (χ0v) is 9.87. The molecule has 0 saturated carbocycles. The van der Waals surface area contributed by atoms with E-state index in [1.807, 2.05) is 17.8 Å². The van der Waals surface area contributed by atoms with Gasteiger partial charge in [0.05, 0.1) is 5.02 Å². The van der Waals surface area contributed by atoms with Gasteiger partial charge in [-0.05, 0) is 42.0 Å². The van der Waals surface area contributed by atoms with Crippen molar-refractivity contribution in [2.75, 3.05) is 23.4 Å². The molecule has 1 unspecified atom stereocenters. The third-order valence-electron chi connectivity index (χ3n) is 2.54. The summed E-state index contributed by atoms with van der Waals surface area (Å²) >= 11 is 7.59. The van der Waals surface area contributed by atoms with Gasteiger partial charge in [-0.1, -0.05) is 11.6 Å². The predicted octanol–water partition coefficient (Wildman–Crippen LogP) is 3.64. The number of benzene rings is 1. The third-order valence-corrected chi connectivity index (χ3v) is 4.08. The Kier molecular flexibility index (Phi) is 3.76. The number of hydrogen-bond acceptors (Lipinski definition) is 2. The summed E-state index contributed by atoms with van der Waals surface area (Å²) < 4.78 is 13.1. The van der Waals surface area contributed by atoms with Gasteiger partial charge >= 0.3 is 0 Å². The second-order valence-electron chi connectivity index (χ2n) is 3.74. The first-order chi connectivity index (χ1) is 7.25. The molecule has 1 N–H and O–H groups in total. The fourth-order valence-corrected chi connectivity index (χ4v) is 3.01. The molecule has 1 heterocycles. The van der Waals surface area contributed by atoms with Crippen molar-refractivity contribution in [2.24, 2.45) is 5.92 Å². The molecule has 1 atom stereocenters. The van der Waals surface area contributed by atoms with E-state index in [1.165, 1.54) is 24.0 Å². The molecule has 1 saturated heterocycles. The van der Waals surface area contributed by atoms with Gasteiger partial charge in [0, 0.05) is 12.2 Å². The Hall–Kier alpha value is -0.410. The van der Waals surface area contributed by atoms with E-state index in [1.54, 1.807) is 6.07 Å². The molecule has 2 rings (SSSR count). The third kappa shape index (κ3) is 3.02. The van der Waals surface area contributed by atoms with Crippen LogP contribution in [0.25, 0.3) is 0 Å². The highest BCUT2D eigenvalue weighted by Crippen LogP contribution is 2.24. The van der Waals surface area contributed by atoms with Crippen LogP contribution >= 0.6 is 23.4 Å². The number of halogens is 2. The fraction of sp³-hybridized carbons (Fsp3) is 0.455. The predicted molar refractivity (Wildman–Crippen MR) is 65.3 cm³/mol. The summed E-state index contributed by atoms with van der Waals surface area (Å²) in [4.78, 5) is 0. The van der Waals surface area contributed by atoms with Crippen molar-refractivity contribution in [3.05, 3.63) is 29.0 Å². The quantitative estimate of drug-likeness (QED) is 0.873. The second-order valence-corrected chi connectivity index (χ2v) is 5.30. The molecule has 1 aliphatic rings. The van der Waals surface area contributed by atoms with Crippen molar-refractivity contribution < 1.29 is 4.39 Å². The van der Waals surface area contributed by atoms with Crippen molar-refractivity contribution in [1.29, 1.82) is 0 Å². The molecule has 1 aromatic rings. The molecule has 0 radical (unpaired) electrons. The van der Waals surface area contributed by atoms with Crippen LogP contribution in [0, 0.1) is 11.7 Å². The lowest BCUT2D eigenvalue weighted by atomic mass is 10.1. The molecule has 1 fully saturated rings. The summed E-state index contributed by atoms with van der Waals surface area (Å²) in [5.41, 5.74) is 0.814. The smallest absolute Gasteiger partial charge is 0.143 e. The Bertz CT molecular complexity index is 339. The van der Waals surface area contributed by atoms with E-state index in [4.69, 9.17) is 11.6 Å². The lowest BCUT2D eigenvalue weighted by molar-refractivity contribution is 0.622. The zero-order chi connectivity index (χ0) is 10.7. The van der Waals surface area contributed by atoms with Crippen LogP contribution in [-0.2, 0) is 0 Å². The van der Waals surface area contributed by atoms with Gasteiger partial charge in [0.25, 0.3) is 0 Å². The van der Waals surface area contributed by atoms with Crippen LogP contribution in [0.5, 0.6) is 0 Å². The number of thioether (sulfide) groups is 1. The minimum atomic E-state index is -0.359. The molecular weight excluding hydrogens is 233 g/mol. The highest BCUT2D eigenvalue weighted by molar-refractivity contribution is 7.99. The van der Waals surface area contributed by atoms with Crippen LogP contribution in [0.2, 0.25) is 5.02 Å². The average molecular weight is 246 g/mol. The molecule has 0 bridgehead atoms. The first kappa shape index (κ1) is 11.1. The Morgan fingerprint density at radius 3 is 3.07 bits per heavy atom. The SMILES string of the molecule is Fc1cc(NCC2CCSC2)ccc1Cl. The summed E-state index contributed by atoms with van der Waals surface area (Å²) in [5.74, 6) is 2.82. The van der Waals surface area contributed by atoms with Crippen LogP contribution in [0.15, 0.2) is 18.2 Å². The summed E-state index contributed by atoms with van der Waals surface area (Å²) in [6, 6.07) is 4.85. The van der Waals surface area contributed by atoms with Gasteiger partial charge in [-0.3, -0.25) is 0 Å². The van der Waals surface area contributed by atoms with Crippen LogP contribution in [-0.4, -0.2) is 18.1 Å². The van der Waals surface area contributed by atoms with Gasteiger partial charge in [0.1, 0.15) is 5.82 Å². The topological polar surface area (TPSA) is 12.0 Å². The summed E-state index contributed by atoms with van der Waals surface area (Å²) in [6.45, 7) is 0.925. The normalized spacial score (nSPS) is 20.5. The molecule has 1 aromatic carbocycles. The second kappa shape index (κ2) is 5.08. The summed E-state index contributed by atoms with van der Waals surface area (Å²) in [6.07, 6.45) is 1.26. The number of rotatable bonds is 3. The summed E-state index contributed by atoms with van der Waals surface area (Å²) in [5, 5.41) is 3.42. The Morgan fingerprint density at radius 2 is 2.40 bits per heavy atom. The molecule has 0 aromatic heterocycles. The minimum absolute atomic E-state index is 0.178. The van der Waals surface area contributed by atoms with E-state index in [0.29, 0.717) is 5.92 Å². The number of hydrogen-bond donors (Lipinski definition) is 1. The van der Waals surface area contributed by atoms with Gasteiger partial charge in [0.15, 0.2) is 0 Å². The van der Waals surface area contributed by atoms with E-state index in [-0.39, 0.29) is 10.8 Å². The summed E-state index contributed by atoms with van der Waals surface area (Å²) in [7, 11) is 0. The standard InChI is InChI=1S/C11H13ClFNS/c12-10-2-1-9(5-11(10)13)14-6-8-3-4-15-7-8/h1-2,5,8,14H,3-4,6-7H2. The van der Waals surface area contributed by atoms with Crippen molar-refractivity contribution >= 4 is 29.1 Å². The average Bonchev–Trinajstić information content (AvgIpc) is 2.73. The molecule has 4 heteroatoms. The molecule has 0 spiro atoms. The van der Waals surface area contributed by atoms with Gasteiger partial charge in [-0.25, -0.2) is 4.39 Å². The fourth-order valence-electron chi connectivity index (χ4n) is 1.61. The molecule has 0 aliphatic carbocycles. The largest absolute Gasteiger partial charge is 0.385 e. The Balaban J connectivity index is 1.90. The van der Waals surface area contributed by atoms with Gasteiger partial charge in [0.2, 0.25) is 0 Å². The molecule has 0 amide bonds. The lowest BCUT2D eigenvalue weighted by Gasteiger charge is -2.11. The monoisotopic (exact) mass is 245 g/mol. The van der Waals surface area contributed by atoms with E-state index >= 15 is 0 Å². The highest BCUT2D eigenvalue weighted by Gasteiger charge is 2.14. The van der Waals surface area contributed by atoms with Gasteiger partial charge < -0.3 is 5.32 Å². The van der Waals surface area contributed by atoms with Crippen molar-refractivity contribution in [3.8, 4) is 0 Å². The molecule has 1 aliphatic heterocycles. The van der Waals surface area contributed by atoms with Crippen molar-refractivity contribution in [1.82, 2.24) is 0 Å². The van der Waals surface area contributed by atoms with Crippen LogP contribution < -0.4 is 5.32 Å². The van der Waals surface area contributed by atoms with E-state index in [9.17, 15) is 4.39 Å². The van der Waals surface area contributed by atoms with Gasteiger partial charge in [-0.2, -0.15) is 11.8 Å². The maximum absolute atomic E-state index is 13.1. The maximum Gasteiger partial charge on any atom is 0.143 e. The van der Waals surface area contributed by atoms with Crippen LogP contribution in [0.1, 0.15) is 6.42 Å². The lowest BCUT2D eigenvalue weighted by Crippen LogP contribution is -2.13. The van der Waals surface area contributed by atoms with Crippen LogP contribution in [0.3, 0.4) is 0 Å². The molecule has 15 heavy (non-hydrogen) atoms. The first-order valence-corrected chi connectivity index (χ1v) is 6.55. The van der Waals surface area contributed by atoms with E-state index in [0.717, 1.165) is 12.2 Å². The van der Waals surface area contributed by atoms with Gasteiger partial charge in [-0.15, -0.1) is 0 Å². The number of anilines is 1. The van der Waals surface area contributed by atoms with Crippen LogP contribution in [0.4, 0.5) is 10.1 Å². The van der Waals surface area contributed by atoms with Crippen molar-refractivity contribution in [2.45, 2.75) is 6.42 Å². The van der Waals surface area contributed by atoms with Crippen molar-refractivity contribution in [3.63, 3.8) is 0 Å². The molecule has 1 nitrogen and oxygen atoms in total. The molecule has 82 valence electrons. The first-order valence-electron chi connectivity index (χ1n) is 5.02. The minimum Gasteiger partial charge on any atom is -0.385 e. The molecular formula is C11H13ClFNS. The Labute approximate surface area is 98.4 Å². The Morgan fingerprint density at radius 1 is 1.53 bits per heavy atom. The zero-order valence-electron chi connectivity index (χ0n) is 8.30. The number of nitrogens with one attached hydrogen (secondary N) is 1. The van der Waals surface area contributed by atoms with E-state index in [2.05, 4.69) is 5.32 Å².